The van der Waals surface area contributed by atoms with Crippen molar-refractivity contribution in [2.45, 2.75) is 25.3 Å². The Hall–Kier alpha value is -1.93. The van der Waals surface area contributed by atoms with Crippen LogP contribution in [0.1, 0.15) is 19.3 Å². The van der Waals surface area contributed by atoms with E-state index in [0.29, 0.717) is 18.9 Å². The molecule has 7 nitrogen and oxygen atoms in total. The molecule has 0 bridgehead atoms. The average molecular weight is 322 g/mol. The third kappa shape index (κ3) is 2.97. The Bertz CT molecular complexity index is 766. The van der Waals surface area contributed by atoms with Gasteiger partial charge >= 0.3 is 0 Å². The van der Waals surface area contributed by atoms with Crippen LogP contribution in [0.2, 0.25) is 0 Å². The van der Waals surface area contributed by atoms with Crippen molar-refractivity contribution in [2.75, 3.05) is 18.1 Å². The third-order valence-corrected chi connectivity index (χ3v) is 5.10. The lowest BCUT2D eigenvalue weighted by molar-refractivity contribution is -0.120. The average Bonchev–Trinajstić information content (AvgIpc) is 2.88. The molecule has 1 aromatic carbocycles. The number of benzene rings is 1. The summed E-state index contributed by atoms with van der Waals surface area (Å²) in [7, 11) is -3.40. The van der Waals surface area contributed by atoms with E-state index in [-0.39, 0.29) is 5.91 Å². The number of aromatic nitrogens is 2. The SMILES string of the molecule is CS(=O)(=O)N1CCCCC1C(=O)Nc1nc2ccccc2[nH]1. The summed E-state index contributed by atoms with van der Waals surface area (Å²) < 4.78 is 24.9. The summed E-state index contributed by atoms with van der Waals surface area (Å²) in [5.74, 6) is -0.00518. The normalized spacial score (nSPS) is 20.1. The predicted molar refractivity (Wildman–Crippen MR) is 83.9 cm³/mol. The molecule has 3 rings (SSSR count). The Morgan fingerprint density at radius 3 is 2.86 bits per heavy atom. The molecule has 118 valence electrons. The number of rotatable bonds is 3. The van der Waals surface area contributed by atoms with Crippen molar-refractivity contribution < 1.29 is 13.2 Å². The molecule has 2 heterocycles. The number of nitrogens with one attached hydrogen (secondary N) is 2. The molecule has 0 aliphatic carbocycles. The van der Waals surface area contributed by atoms with Gasteiger partial charge in [-0.15, -0.1) is 0 Å². The Balaban J connectivity index is 1.80. The number of hydrogen-bond acceptors (Lipinski definition) is 4. The minimum atomic E-state index is -3.40. The Kier molecular flexibility index (Phi) is 3.88. The second kappa shape index (κ2) is 5.69. The number of sulfonamides is 1. The second-order valence-electron chi connectivity index (χ2n) is 5.48. The predicted octanol–water partition coefficient (Wildman–Crippen LogP) is 1.32. The second-order valence-corrected chi connectivity index (χ2v) is 7.41. The summed E-state index contributed by atoms with van der Waals surface area (Å²) in [6.45, 7) is 0.386. The summed E-state index contributed by atoms with van der Waals surface area (Å²) in [4.78, 5) is 19.7. The molecule has 22 heavy (non-hydrogen) atoms. The molecule has 1 amide bonds. The number of carbonyl (C=O) groups is 1. The molecule has 1 aliphatic heterocycles. The van der Waals surface area contributed by atoms with Crippen LogP contribution in [0.4, 0.5) is 5.95 Å². The van der Waals surface area contributed by atoms with Crippen LogP contribution >= 0.6 is 0 Å². The zero-order valence-electron chi connectivity index (χ0n) is 12.2. The summed E-state index contributed by atoms with van der Waals surface area (Å²) in [6.07, 6.45) is 3.28. The maximum absolute atomic E-state index is 12.4. The van der Waals surface area contributed by atoms with Crippen LogP contribution in [0.25, 0.3) is 11.0 Å². The number of imidazole rings is 1. The fourth-order valence-corrected chi connectivity index (χ4v) is 3.90. The van der Waals surface area contributed by atoms with Gasteiger partial charge < -0.3 is 4.98 Å². The maximum Gasteiger partial charge on any atom is 0.245 e. The Morgan fingerprint density at radius 1 is 1.36 bits per heavy atom. The van der Waals surface area contributed by atoms with Crippen molar-refractivity contribution in [3.63, 3.8) is 0 Å². The highest BCUT2D eigenvalue weighted by Crippen LogP contribution is 2.21. The van der Waals surface area contributed by atoms with E-state index in [1.165, 1.54) is 4.31 Å². The molecule has 0 spiro atoms. The van der Waals surface area contributed by atoms with E-state index >= 15 is 0 Å². The quantitative estimate of drug-likeness (QED) is 0.891. The first-order valence-electron chi connectivity index (χ1n) is 7.17. The van der Waals surface area contributed by atoms with Gasteiger partial charge in [-0.05, 0) is 25.0 Å². The Morgan fingerprint density at radius 2 is 2.14 bits per heavy atom. The van der Waals surface area contributed by atoms with Crippen LogP contribution in [-0.4, -0.2) is 47.4 Å². The number of para-hydroxylation sites is 2. The van der Waals surface area contributed by atoms with Crippen LogP contribution in [0.15, 0.2) is 24.3 Å². The largest absolute Gasteiger partial charge is 0.324 e. The van der Waals surface area contributed by atoms with E-state index in [1.54, 1.807) is 0 Å². The van der Waals surface area contributed by atoms with Crippen LogP contribution in [0.5, 0.6) is 0 Å². The van der Waals surface area contributed by atoms with Crippen molar-refractivity contribution in [1.82, 2.24) is 14.3 Å². The molecule has 1 saturated heterocycles. The number of nitrogens with zero attached hydrogens (tertiary/aromatic N) is 2. The van der Waals surface area contributed by atoms with E-state index in [2.05, 4.69) is 15.3 Å². The van der Waals surface area contributed by atoms with E-state index in [9.17, 15) is 13.2 Å². The molecule has 0 radical (unpaired) electrons. The number of anilines is 1. The fourth-order valence-electron chi connectivity index (χ4n) is 2.78. The molecule has 1 aliphatic rings. The molecule has 1 atom stereocenters. The number of aromatic amines is 1. The van der Waals surface area contributed by atoms with Gasteiger partial charge in [0.2, 0.25) is 21.9 Å². The minimum absolute atomic E-state index is 0.338. The van der Waals surface area contributed by atoms with Gasteiger partial charge in [0, 0.05) is 6.54 Å². The Labute approximate surface area is 128 Å². The van der Waals surface area contributed by atoms with Gasteiger partial charge in [-0.25, -0.2) is 13.4 Å². The molecular formula is C14H18N4O3S. The van der Waals surface area contributed by atoms with Gasteiger partial charge in [0.15, 0.2) is 0 Å². The molecular weight excluding hydrogens is 304 g/mol. The standard InChI is InChI=1S/C14H18N4O3S/c1-22(20,21)18-9-5-4-8-12(18)13(19)17-14-15-10-6-2-3-7-11(10)16-14/h2-3,6-7,12H,4-5,8-9H2,1H3,(H2,15,16,17,19). The van der Waals surface area contributed by atoms with Crippen LogP contribution < -0.4 is 5.32 Å². The smallest absolute Gasteiger partial charge is 0.245 e. The van der Waals surface area contributed by atoms with Crippen LogP contribution in [-0.2, 0) is 14.8 Å². The monoisotopic (exact) mass is 322 g/mol. The van der Waals surface area contributed by atoms with Gasteiger partial charge in [-0.1, -0.05) is 18.6 Å². The van der Waals surface area contributed by atoms with Crippen molar-refractivity contribution in [1.29, 1.82) is 0 Å². The van der Waals surface area contributed by atoms with Gasteiger partial charge in [-0.2, -0.15) is 4.31 Å². The molecule has 1 fully saturated rings. The first-order chi connectivity index (χ1) is 10.4. The minimum Gasteiger partial charge on any atom is -0.324 e. The number of hydrogen-bond donors (Lipinski definition) is 2. The molecule has 1 unspecified atom stereocenters. The lowest BCUT2D eigenvalue weighted by Crippen LogP contribution is -2.49. The fraction of sp³-hybridized carbons (Fsp3) is 0.429. The molecule has 8 heteroatoms. The summed E-state index contributed by atoms with van der Waals surface area (Å²) in [5.41, 5.74) is 1.57. The molecule has 2 aromatic rings. The molecule has 0 saturated carbocycles. The maximum atomic E-state index is 12.4. The van der Waals surface area contributed by atoms with Crippen molar-refractivity contribution in [3.05, 3.63) is 24.3 Å². The molecule has 2 N–H and O–H groups in total. The first kappa shape index (κ1) is 15.0. The highest BCUT2D eigenvalue weighted by atomic mass is 32.2. The zero-order valence-corrected chi connectivity index (χ0v) is 13.1. The number of H-pyrrole nitrogens is 1. The lowest BCUT2D eigenvalue weighted by atomic mass is 10.0. The van der Waals surface area contributed by atoms with Gasteiger partial charge in [0.1, 0.15) is 6.04 Å². The van der Waals surface area contributed by atoms with Gasteiger partial charge in [0.05, 0.1) is 17.3 Å². The first-order valence-corrected chi connectivity index (χ1v) is 9.02. The number of amides is 1. The highest BCUT2D eigenvalue weighted by molar-refractivity contribution is 7.88. The molecule has 1 aromatic heterocycles. The van der Waals surface area contributed by atoms with Gasteiger partial charge in [0.25, 0.3) is 0 Å². The third-order valence-electron chi connectivity index (χ3n) is 3.81. The summed E-state index contributed by atoms with van der Waals surface area (Å²) >= 11 is 0. The number of carbonyl (C=O) groups excluding carboxylic acids is 1. The van der Waals surface area contributed by atoms with Gasteiger partial charge in [-0.3, -0.25) is 10.1 Å². The number of fused-ring (bicyclic) bond motifs is 1. The van der Waals surface area contributed by atoms with Crippen molar-refractivity contribution in [2.24, 2.45) is 0 Å². The van der Waals surface area contributed by atoms with Crippen LogP contribution in [0, 0.1) is 0 Å². The van der Waals surface area contributed by atoms with Crippen molar-refractivity contribution >= 4 is 32.9 Å². The lowest BCUT2D eigenvalue weighted by Gasteiger charge is -2.32. The highest BCUT2D eigenvalue weighted by Gasteiger charge is 2.34. The summed E-state index contributed by atoms with van der Waals surface area (Å²) in [5, 5.41) is 2.69. The van der Waals surface area contributed by atoms with E-state index < -0.39 is 16.1 Å². The topological polar surface area (TPSA) is 95.2 Å². The zero-order chi connectivity index (χ0) is 15.7. The van der Waals surface area contributed by atoms with Crippen LogP contribution in [0.3, 0.4) is 0 Å². The van der Waals surface area contributed by atoms with E-state index in [1.807, 2.05) is 24.3 Å². The van der Waals surface area contributed by atoms with E-state index in [4.69, 9.17) is 0 Å². The number of piperidine rings is 1. The van der Waals surface area contributed by atoms with E-state index in [0.717, 1.165) is 30.1 Å². The summed E-state index contributed by atoms with van der Waals surface area (Å²) in [6, 6.07) is 6.77. The van der Waals surface area contributed by atoms with Crippen molar-refractivity contribution in [3.8, 4) is 0 Å².